The highest BCUT2D eigenvalue weighted by atomic mass is 16.3. The van der Waals surface area contributed by atoms with E-state index in [2.05, 4.69) is 20.7 Å². The quantitative estimate of drug-likeness (QED) is 0.481. The molecule has 2 aromatic rings. The zero-order valence-corrected chi connectivity index (χ0v) is 11.1. The van der Waals surface area contributed by atoms with Gasteiger partial charge in [0.05, 0.1) is 11.1 Å². The van der Waals surface area contributed by atoms with E-state index in [0.717, 1.165) is 10.9 Å². The van der Waals surface area contributed by atoms with Crippen molar-refractivity contribution < 1.29 is 5.11 Å². The van der Waals surface area contributed by atoms with Crippen LogP contribution in [0.5, 0.6) is 0 Å². The predicted molar refractivity (Wildman–Crippen MR) is 76.8 cm³/mol. The lowest BCUT2D eigenvalue weighted by Crippen LogP contribution is -2.32. The van der Waals surface area contributed by atoms with Gasteiger partial charge in [0.2, 0.25) is 5.95 Å². The Hall–Kier alpha value is -1.92. The van der Waals surface area contributed by atoms with Gasteiger partial charge in [-0.2, -0.15) is 4.98 Å². The van der Waals surface area contributed by atoms with Crippen LogP contribution in [-0.2, 0) is 0 Å². The minimum absolute atomic E-state index is 0.345. The number of nitrogen functional groups attached to an aromatic ring is 1. The second-order valence-electron chi connectivity index (χ2n) is 4.76. The molecule has 0 radical (unpaired) electrons. The third-order valence-electron chi connectivity index (χ3n) is 3.13. The summed E-state index contributed by atoms with van der Waals surface area (Å²) < 4.78 is 0. The smallest absolute Gasteiger partial charge is 0.239 e. The first-order valence-corrected chi connectivity index (χ1v) is 6.25. The van der Waals surface area contributed by atoms with Gasteiger partial charge in [0.15, 0.2) is 0 Å². The number of nitrogens with two attached hydrogens (primary N) is 1. The summed E-state index contributed by atoms with van der Waals surface area (Å²) in [5, 5.41) is 14.1. The molecule has 0 bridgehead atoms. The van der Waals surface area contributed by atoms with E-state index in [-0.39, 0.29) is 0 Å². The van der Waals surface area contributed by atoms with Gasteiger partial charge >= 0.3 is 0 Å². The van der Waals surface area contributed by atoms with Crippen molar-refractivity contribution in [1.82, 2.24) is 9.97 Å². The topological polar surface area (TPSA) is 96.1 Å². The second kappa shape index (κ2) is 5.38. The minimum atomic E-state index is -0.775. The molecular weight excluding hydrogens is 242 g/mol. The number of aromatic nitrogens is 2. The number of rotatable bonds is 5. The summed E-state index contributed by atoms with van der Waals surface area (Å²) in [6, 6.07) is 7.64. The summed E-state index contributed by atoms with van der Waals surface area (Å²) in [5.41, 5.74) is 2.47. The maximum atomic E-state index is 10.0. The van der Waals surface area contributed by atoms with Crippen LogP contribution in [0.15, 0.2) is 24.3 Å². The lowest BCUT2D eigenvalue weighted by Gasteiger charge is -2.22. The van der Waals surface area contributed by atoms with Crippen LogP contribution in [0.1, 0.15) is 20.3 Å². The summed E-state index contributed by atoms with van der Waals surface area (Å²) in [7, 11) is 0. The Bertz CT molecular complexity index is 570. The van der Waals surface area contributed by atoms with Crippen LogP contribution >= 0.6 is 0 Å². The van der Waals surface area contributed by atoms with Crippen LogP contribution in [0.25, 0.3) is 10.9 Å². The highest BCUT2D eigenvalue weighted by Gasteiger charge is 2.18. The standard InChI is InChI=1S/C13H19N5O/c1-3-13(2,19)8-15-11-9-6-4-5-7-10(9)16-12(17-11)18-14/h4-7,19H,3,8,14H2,1-2H3,(H2,15,16,17,18). The van der Waals surface area contributed by atoms with E-state index < -0.39 is 5.60 Å². The van der Waals surface area contributed by atoms with Crippen molar-refractivity contribution in [2.24, 2.45) is 5.84 Å². The Morgan fingerprint density at radius 3 is 2.74 bits per heavy atom. The fourth-order valence-electron chi connectivity index (χ4n) is 1.68. The Labute approximate surface area is 112 Å². The Kier molecular flexibility index (Phi) is 3.82. The number of nitrogens with zero attached hydrogens (tertiary/aromatic N) is 2. The molecule has 19 heavy (non-hydrogen) atoms. The summed E-state index contributed by atoms with van der Waals surface area (Å²) in [6.45, 7) is 4.13. The number of hydrogen-bond donors (Lipinski definition) is 4. The molecular formula is C13H19N5O. The molecule has 0 aliphatic heterocycles. The van der Waals surface area contributed by atoms with Crippen molar-refractivity contribution in [2.45, 2.75) is 25.9 Å². The van der Waals surface area contributed by atoms with E-state index in [0.29, 0.717) is 24.7 Å². The van der Waals surface area contributed by atoms with Crippen molar-refractivity contribution in [3.05, 3.63) is 24.3 Å². The molecule has 0 spiro atoms. The molecule has 6 nitrogen and oxygen atoms in total. The van der Waals surface area contributed by atoms with Gasteiger partial charge in [-0.25, -0.2) is 10.8 Å². The molecule has 0 saturated carbocycles. The molecule has 0 amide bonds. The maximum absolute atomic E-state index is 10.0. The zero-order valence-electron chi connectivity index (χ0n) is 11.1. The van der Waals surface area contributed by atoms with Crippen molar-refractivity contribution in [3.8, 4) is 0 Å². The highest BCUT2D eigenvalue weighted by molar-refractivity contribution is 5.89. The number of anilines is 2. The molecule has 1 atom stereocenters. The third kappa shape index (κ3) is 3.10. The number of hydrogen-bond acceptors (Lipinski definition) is 6. The number of nitrogens with one attached hydrogen (secondary N) is 2. The van der Waals surface area contributed by atoms with Crippen molar-refractivity contribution in [3.63, 3.8) is 0 Å². The lowest BCUT2D eigenvalue weighted by molar-refractivity contribution is 0.0697. The first-order valence-electron chi connectivity index (χ1n) is 6.25. The Morgan fingerprint density at radius 1 is 1.32 bits per heavy atom. The van der Waals surface area contributed by atoms with E-state index in [1.807, 2.05) is 31.2 Å². The molecule has 102 valence electrons. The van der Waals surface area contributed by atoms with Crippen LogP contribution in [0, 0.1) is 0 Å². The first-order chi connectivity index (χ1) is 9.05. The minimum Gasteiger partial charge on any atom is -0.388 e. The number of benzene rings is 1. The van der Waals surface area contributed by atoms with Gasteiger partial charge in [-0.15, -0.1) is 0 Å². The van der Waals surface area contributed by atoms with Crippen molar-refractivity contribution in [2.75, 3.05) is 17.3 Å². The monoisotopic (exact) mass is 261 g/mol. The van der Waals surface area contributed by atoms with Gasteiger partial charge < -0.3 is 10.4 Å². The third-order valence-corrected chi connectivity index (χ3v) is 3.13. The largest absolute Gasteiger partial charge is 0.388 e. The molecule has 2 rings (SSSR count). The fourth-order valence-corrected chi connectivity index (χ4v) is 1.68. The van der Waals surface area contributed by atoms with Crippen LogP contribution in [0.4, 0.5) is 11.8 Å². The van der Waals surface area contributed by atoms with Gasteiger partial charge in [0, 0.05) is 11.9 Å². The number of aliphatic hydroxyl groups is 1. The average molecular weight is 261 g/mol. The molecule has 1 heterocycles. The van der Waals surface area contributed by atoms with E-state index in [1.54, 1.807) is 6.92 Å². The van der Waals surface area contributed by atoms with Crippen LogP contribution < -0.4 is 16.6 Å². The molecule has 0 aliphatic rings. The van der Waals surface area contributed by atoms with E-state index in [4.69, 9.17) is 5.84 Å². The van der Waals surface area contributed by atoms with E-state index >= 15 is 0 Å². The van der Waals surface area contributed by atoms with Gasteiger partial charge in [-0.3, -0.25) is 5.43 Å². The van der Waals surface area contributed by atoms with Gasteiger partial charge in [0.1, 0.15) is 5.82 Å². The van der Waals surface area contributed by atoms with Crippen LogP contribution in [0.2, 0.25) is 0 Å². The fraction of sp³-hybridized carbons (Fsp3) is 0.385. The Morgan fingerprint density at radius 2 is 2.05 bits per heavy atom. The zero-order chi connectivity index (χ0) is 13.9. The molecule has 6 heteroatoms. The normalized spacial score (nSPS) is 14.1. The van der Waals surface area contributed by atoms with E-state index in [9.17, 15) is 5.11 Å². The number of para-hydroxylation sites is 1. The molecule has 1 aromatic heterocycles. The predicted octanol–water partition coefficient (Wildman–Crippen LogP) is 1.49. The molecule has 5 N–H and O–H groups in total. The molecule has 1 aromatic carbocycles. The molecule has 0 saturated heterocycles. The first kappa shape index (κ1) is 13.5. The molecule has 1 unspecified atom stereocenters. The van der Waals surface area contributed by atoms with Crippen molar-refractivity contribution >= 4 is 22.7 Å². The summed E-state index contributed by atoms with van der Waals surface area (Å²) in [4.78, 5) is 8.56. The van der Waals surface area contributed by atoms with Crippen molar-refractivity contribution in [1.29, 1.82) is 0 Å². The maximum Gasteiger partial charge on any atom is 0.239 e. The summed E-state index contributed by atoms with van der Waals surface area (Å²) in [6.07, 6.45) is 0.658. The number of hydrazine groups is 1. The lowest BCUT2D eigenvalue weighted by atomic mass is 10.0. The van der Waals surface area contributed by atoms with Crippen LogP contribution in [-0.4, -0.2) is 27.2 Å². The summed E-state index contributed by atoms with van der Waals surface area (Å²) in [5.74, 6) is 6.37. The molecule has 0 aliphatic carbocycles. The van der Waals surface area contributed by atoms with Gasteiger partial charge in [-0.05, 0) is 25.5 Å². The number of fused-ring (bicyclic) bond motifs is 1. The average Bonchev–Trinajstić information content (AvgIpc) is 2.44. The summed E-state index contributed by atoms with van der Waals surface area (Å²) >= 11 is 0. The van der Waals surface area contributed by atoms with Gasteiger partial charge in [-0.1, -0.05) is 19.1 Å². The SMILES string of the molecule is CCC(C)(O)CNc1nc(NN)nc2ccccc12. The van der Waals surface area contributed by atoms with E-state index in [1.165, 1.54) is 0 Å². The molecule has 0 fully saturated rings. The second-order valence-corrected chi connectivity index (χ2v) is 4.76. The van der Waals surface area contributed by atoms with Gasteiger partial charge in [0.25, 0.3) is 0 Å². The highest BCUT2D eigenvalue weighted by Crippen LogP contribution is 2.22. The Balaban J connectivity index is 2.35. The van der Waals surface area contributed by atoms with Crippen LogP contribution in [0.3, 0.4) is 0 Å².